The Morgan fingerprint density at radius 1 is 1.48 bits per heavy atom. The second-order valence-corrected chi connectivity index (χ2v) is 5.22. The summed E-state index contributed by atoms with van der Waals surface area (Å²) in [4.78, 5) is 13.9. The van der Waals surface area contributed by atoms with Crippen LogP contribution in [0.3, 0.4) is 0 Å². The van der Waals surface area contributed by atoms with Crippen molar-refractivity contribution >= 4 is 5.91 Å². The fourth-order valence-electron chi connectivity index (χ4n) is 2.50. The number of hydrogen-bond donors (Lipinski definition) is 1. The Bertz CT molecular complexity index is 476. The zero-order valence-electron chi connectivity index (χ0n) is 12.0. The minimum atomic E-state index is -2.84. The minimum Gasteiger partial charge on any atom is -0.435 e. The van der Waals surface area contributed by atoms with Gasteiger partial charge in [-0.3, -0.25) is 4.79 Å². The molecule has 2 rings (SSSR count). The summed E-state index contributed by atoms with van der Waals surface area (Å²) in [7, 11) is 1.72. The van der Waals surface area contributed by atoms with Crippen LogP contribution in [0.5, 0.6) is 5.75 Å². The summed E-state index contributed by atoms with van der Waals surface area (Å²) >= 11 is 0. The maximum Gasteiger partial charge on any atom is 0.387 e. The third kappa shape index (κ3) is 4.67. The lowest BCUT2D eigenvalue weighted by Crippen LogP contribution is -2.46. The van der Waals surface area contributed by atoms with E-state index in [-0.39, 0.29) is 17.7 Å². The van der Waals surface area contributed by atoms with Crippen molar-refractivity contribution in [1.82, 2.24) is 10.2 Å². The standard InChI is InChI=1S/C15H20F2N2O2/c1-19(14(20)13-7-2-3-8-18-13)10-11-5-4-6-12(9-11)21-15(16)17/h4-6,9,13,15,18H,2-3,7-8,10H2,1H3/t13-/m1/s1. The molecule has 1 fully saturated rings. The number of benzene rings is 1. The molecule has 0 bridgehead atoms. The number of hydrogen-bond acceptors (Lipinski definition) is 3. The number of nitrogens with zero attached hydrogens (tertiary/aromatic N) is 1. The first-order valence-electron chi connectivity index (χ1n) is 7.08. The minimum absolute atomic E-state index is 0.0369. The second-order valence-electron chi connectivity index (χ2n) is 5.22. The molecule has 1 aliphatic rings. The number of likely N-dealkylation sites (N-methyl/N-ethyl adjacent to an activating group) is 1. The first-order valence-corrected chi connectivity index (χ1v) is 7.08. The molecule has 1 saturated heterocycles. The average Bonchev–Trinajstić information content (AvgIpc) is 2.47. The van der Waals surface area contributed by atoms with Crippen LogP contribution in [-0.2, 0) is 11.3 Å². The highest BCUT2D eigenvalue weighted by Crippen LogP contribution is 2.18. The van der Waals surface area contributed by atoms with E-state index in [9.17, 15) is 13.6 Å². The van der Waals surface area contributed by atoms with E-state index in [1.807, 2.05) is 0 Å². The molecule has 1 aromatic carbocycles. The van der Waals surface area contributed by atoms with Crippen molar-refractivity contribution in [2.45, 2.75) is 38.5 Å². The van der Waals surface area contributed by atoms with E-state index >= 15 is 0 Å². The number of amides is 1. The molecule has 21 heavy (non-hydrogen) atoms. The van der Waals surface area contributed by atoms with Gasteiger partial charge >= 0.3 is 6.61 Å². The molecular weight excluding hydrogens is 278 g/mol. The summed E-state index contributed by atoms with van der Waals surface area (Å²) in [5.41, 5.74) is 0.764. The molecule has 0 saturated carbocycles. The summed E-state index contributed by atoms with van der Waals surface area (Å²) in [6.07, 6.45) is 2.99. The quantitative estimate of drug-likeness (QED) is 0.907. The van der Waals surface area contributed by atoms with Crippen molar-refractivity contribution in [3.63, 3.8) is 0 Å². The van der Waals surface area contributed by atoms with E-state index in [0.29, 0.717) is 6.54 Å². The molecule has 1 aromatic rings. The molecule has 0 aromatic heterocycles. The van der Waals surface area contributed by atoms with E-state index in [4.69, 9.17) is 0 Å². The lowest BCUT2D eigenvalue weighted by Gasteiger charge is -2.27. The number of nitrogens with one attached hydrogen (secondary N) is 1. The predicted octanol–water partition coefficient (Wildman–Crippen LogP) is 2.39. The molecule has 0 spiro atoms. The Hall–Kier alpha value is -1.69. The maximum atomic E-state index is 12.3. The smallest absolute Gasteiger partial charge is 0.387 e. The monoisotopic (exact) mass is 298 g/mol. The Balaban J connectivity index is 1.95. The third-order valence-electron chi connectivity index (χ3n) is 3.53. The summed E-state index contributed by atoms with van der Waals surface area (Å²) < 4.78 is 28.7. The third-order valence-corrected chi connectivity index (χ3v) is 3.53. The zero-order valence-corrected chi connectivity index (χ0v) is 12.0. The summed E-state index contributed by atoms with van der Waals surface area (Å²) in [6, 6.07) is 6.30. The molecule has 0 unspecified atom stereocenters. The van der Waals surface area contributed by atoms with Crippen LogP contribution in [0.15, 0.2) is 24.3 Å². The van der Waals surface area contributed by atoms with Crippen molar-refractivity contribution < 1.29 is 18.3 Å². The van der Waals surface area contributed by atoms with Crippen LogP contribution in [0, 0.1) is 0 Å². The number of alkyl halides is 2. The van der Waals surface area contributed by atoms with Crippen LogP contribution in [-0.4, -0.2) is 37.1 Å². The predicted molar refractivity (Wildman–Crippen MR) is 75.2 cm³/mol. The van der Waals surface area contributed by atoms with Gasteiger partial charge in [0, 0.05) is 13.6 Å². The van der Waals surface area contributed by atoms with Crippen molar-refractivity contribution in [2.24, 2.45) is 0 Å². The molecule has 1 N–H and O–H groups in total. The lowest BCUT2D eigenvalue weighted by atomic mass is 10.0. The molecule has 4 nitrogen and oxygen atoms in total. The van der Waals surface area contributed by atoms with Gasteiger partial charge in [-0.1, -0.05) is 18.6 Å². The van der Waals surface area contributed by atoms with E-state index in [1.54, 1.807) is 24.1 Å². The van der Waals surface area contributed by atoms with Crippen LogP contribution in [0.1, 0.15) is 24.8 Å². The molecule has 1 amide bonds. The molecule has 1 aliphatic heterocycles. The number of halogens is 2. The molecule has 0 aliphatic carbocycles. The van der Waals surface area contributed by atoms with Crippen LogP contribution in [0.25, 0.3) is 0 Å². The van der Waals surface area contributed by atoms with E-state index in [2.05, 4.69) is 10.1 Å². The van der Waals surface area contributed by atoms with Gasteiger partial charge in [0.2, 0.25) is 5.91 Å². The Morgan fingerprint density at radius 3 is 2.95 bits per heavy atom. The van der Waals surface area contributed by atoms with Crippen LogP contribution in [0.4, 0.5) is 8.78 Å². The normalized spacial score (nSPS) is 18.6. The summed E-state index contributed by atoms with van der Waals surface area (Å²) in [5, 5.41) is 3.21. The van der Waals surface area contributed by atoms with Crippen molar-refractivity contribution in [1.29, 1.82) is 0 Å². The Labute approximate surface area is 123 Å². The van der Waals surface area contributed by atoms with Gasteiger partial charge in [-0.25, -0.2) is 0 Å². The fraction of sp³-hybridized carbons (Fsp3) is 0.533. The van der Waals surface area contributed by atoms with Crippen LogP contribution >= 0.6 is 0 Å². The van der Waals surface area contributed by atoms with Gasteiger partial charge in [0.1, 0.15) is 5.75 Å². The number of carbonyl (C=O) groups is 1. The average molecular weight is 298 g/mol. The highest BCUT2D eigenvalue weighted by molar-refractivity contribution is 5.81. The molecular formula is C15H20F2N2O2. The molecule has 1 atom stereocenters. The number of rotatable bonds is 5. The van der Waals surface area contributed by atoms with E-state index in [0.717, 1.165) is 31.4 Å². The van der Waals surface area contributed by atoms with Crippen molar-refractivity contribution in [3.8, 4) is 5.75 Å². The first-order chi connectivity index (χ1) is 10.1. The first kappa shape index (κ1) is 15.7. The van der Waals surface area contributed by atoms with Gasteiger partial charge in [-0.05, 0) is 37.1 Å². The second kappa shape index (κ2) is 7.36. The highest BCUT2D eigenvalue weighted by atomic mass is 19.3. The van der Waals surface area contributed by atoms with Gasteiger partial charge in [-0.2, -0.15) is 8.78 Å². The Morgan fingerprint density at radius 2 is 2.29 bits per heavy atom. The largest absolute Gasteiger partial charge is 0.435 e. The van der Waals surface area contributed by atoms with Gasteiger partial charge in [-0.15, -0.1) is 0 Å². The zero-order chi connectivity index (χ0) is 15.2. The Kier molecular flexibility index (Phi) is 5.50. The molecule has 6 heteroatoms. The number of piperidine rings is 1. The fourth-order valence-corrected chi connectivity index (χ4v) is 2.50. The maximum absolute atomic E-state index is 12.3. The summed E-state index contributed by atoms with van der Waals surface area (Å²) in [6.45, 7) is -1.61. The van der Waals surface area contributed by atoms with Crippen LogP contribution in [0.2, 0.25) is 0 Å². The molecule has 0 radical (unpaired) electrons. The van der Waals surface area contributed by atoms with E-state index < -0.39 is 6.61 Å². The lowest BCUT2D eigenvalue weighted by molar-refractivity contribution is -0.133. The van der Waals surface area contributed by atoms with Gasteiger partial charge in [0.15, 0.2) is 0 Å². The van der Waals surface area contributed by atoms with Crippen molar-refractivity contribution in [2.75, 3.05) is 13.6 Å². The SMILES string of the molecule is CN(Cc1cccc(OC(F)F)c1)C(=O)[C@H]1CCCCN1. The molecule has 116 valence electrons. The van der Waals surface area contributed by atoms with E-state index in [1.165, 1.54) is 12.1 Å². The number of carbonyl (C=O) groups excluding carboxylic acids is 1. The van der Waals surface area contributed by atoms with Gasteiger partial charge in [0.05, 0.1) is 6.04 Å². The highest BCUT2D eigenvalue weighted by Gasteiger charge is 2.23. The van der Waals surface area contributed by atoms with Gasteiger partial charge < -0.3 is 15.0 Å². The topological polar surface area (TPSA) is 41.6 Å². The summed E-state index contributed by atoms with van der Waals surface area (Å²) in [5.74, 6) is 0.147. The van der Waals surface area contributed by atoms with Gasteiger partial charge in [0.25, 0.3) is 0 Å². The van der Waals surface area contributed by atoms with Crippen molar-refractivity contribution in [3.05, 3.63) is 29.8 Å². The number of ether oxygens (including phenoxy) is 1. The van der Waals surface area contributed by atoms with Crippen LogP contribution < -0.4 is 10.1 Å². The molecule has 1 heterocycles.